The van der Waals surface area contributed by atoms with Crippen molar-refractivity contribution in [2.24, 2.45) is 0 Å². The second kappa shape index (κ2) is 7.84. The van der Waals surface area contributed by atoms with Crippen LogP contribution < -0.4 is 15.0 Å². The van der Waals surface area contributed by atoms with Crippen molar-refractivity contribution < 1.29 is 14.3 Å². The van der Waals surface area contributed by atoms with Crippen molar-refractivity contribution in [3.63, 3.8) is 0 Å². The SMILES string of the molecule is COc1cc(Cl)c(C)cc1NC(=O)CN(C(C)=O)c1ccccc1. The van der Waals surface area contributed by atoms with Gasteiger partial charge in [-0.3, -0.25) is 9.59 Å². The maximum atomic E-state index is 12.4. The van der Waals surface area contributed by atoms with Gasteiger partial charge in [0.15, 0.2) is 0 Å². The number of ether oxygens (including phenoxy) is 1. The number of carbonyl (C=O) groups is 2. The average molecular weight is 347 g/mol. The van der Waals surface area contributed by atoms with Gasteiger partial charge in [0, 0.05) is 23.7 Å². The summed E-state index contributed by atoms with van der Waals surface area (Å²) in [6.07, 6.45) is 0. The number of benzene rings is 2. The molecule has 0 unspecified atom stereocenters. The van der Waals surface area contributed by atoms with E-state index < -0.39 is 0 Å². The third kappa shape index (κ3) is 4.26. The Morgan fingerprint density at radius 2 is 1.88 bits per heavy atom. The van der Waals surface area contributed by atoms with Gasteiger partial charge in [-0.15, -0.1) is 0 Å². The Balaban J connectivity index is 2.18. The molecule has 0 fully saturated rings. The van der Waals surface area contributed by atoms with Crippen LogP contribution in [0.5, 0.6) is 5.75 Å². The van der Waals surface area contributed by atoms with E-state index in [1.165, 1.54) is 18.9 Å². The van der Waals surface area contributed by atoms with Crippen molar-refractivity contribution in [3.8, 4) is 5.75 Å². The maximum Gasteiger partial charge on any atom is 0.244 e. The zero-order chi connectivity index (χ0) is 17.7. The highest BCUT2D eigenvalue weighted by molar-refractivity contribution is 6.31. The van der Waals surface area contributed by atoms with E-state index in [-0.39, 0.29) is 18.4 Å². The number of carbonyl (C=O) groups excluding carboxylic acids is 2. The first-order valence-corrected chi connectivity index (χ1v) is 7.77. The summed E-state index contributed by atoms with van der Waals surface area (Å²) in [6.45, 7) is 3.17. The number of para-hydroxylation sites is 1. The lowest BCUT2D eigenvalue weighted by molar-refractivity contribution is -0.120. The average Bonchev–Trinajstić information content (AvgIpc) is 2.56. The number of nitrogens with zero attached hydrogens (tertiary/aromatic N) is 1. The van der Waals surface area contributed by atoms with E-state index in [4.69, 9.17) is 16.3 Å². The lowest BCUT2D eigenvalue weighted by atomic mass is 10.2. The van der Waals surface area contributed by atoms with E-state index >= 15 is 0 Å². The molecule has 0 aromatic heterocycles. The van der Waals surface area contributed by atoms with Crippen LogP contribution in [0.15, 0.2) is 42.5 Å². The summed E-state index contributed by atoms with van der Waals surface area (Å²) in [7, 11) is 1.50. The summed E-state index contributed by atoms with van der Waals surface area (Å²) in [5, 5.41) is 3.32. The molecule has 6 heteroatoms. The van der Waals surface area contributed by atoms with Crippen LogP contribution in [0.2, 0.25) is 5.02 Å². The lowest BCUT2D eigenvalue weighted by Gasteiger charge is -2.21. The van der Waals surface area contributed by atoms with Gasteiger partial charge in [-0.25, -0.2) is 0 Å². The van der Waals surface area contributed by atoms with Crippen LogP contribution in [0.3, 0.4) is 0 Å². The molecule has 2 amide bonds. The van der Waals surface area contributed by atoms with Gasteiger partial charge in [-0.2, -0.15) is 0 Å². The second-order valence-electron chi connectivity index (χ2n) is 5.29. The summed E-state index contributed by atoms with van der Waals surface area (Å²) in [5.74, 6) is -0.0716. The number of amides is 2. The van der Waals surface area contributed by atoms with Crippen molar-refractivity contribution in [2.75, 3.05) is 23.9 Å². The minimum atomic E-state index is -0.325. The molecule has 1 N–H and O–H groups in total. The first kappa shape index (κ1) is 17.8. The van der Waals surface area contributed by atoms with Gasteiger partial charge in [0.1, 0.15) is 12.3 Å². The fourth-order valence-corrected chi connectivity index (χ4v) is 2.41. The number of rotatable bonds is 5. The summed E-state index contributed by atoms with van der Waals surface area (Å²) in [5.41, 5.74) is 2.00. The van der Waals surface area contributed by atoms with Crippen molar-refractivity contribution >= 4 is 34.8 Å². The Morgan fingerprint density at radius 3 is 2.46 bits per heavy atom. The Hall–Kier alpha value is -2.53. The molecule has 2 aromatic rings. The molecule has 0 heterocycles. The molecular weight excluding hydrogens is 328 g/mol. The van der Waals surface area contributed by atoms with E-state index in [2.05, 4.69) is 5.32 Å². The zero-order valence-electron chi connectivity index (χ0n) is 13.8. The van der Waals surface area contributed by atoms with E-state index in [0.717, 1.165) is 5.56 Å². The van der Waals surface area contributed by atoms with E-state index in [0.29, 0.717) is 22.1 Å². The molecule has 0 atom stereocenters. The topological polar surface area (TPSA) is 58.6 Å². The summed E-state index contributed by atoms with van der Waals surface area (Å²) in [4.78, 5) is 25.6. The number of methoxy groups -OCH3 is 1. The highest BCUT2D eigenvalue weighted by Crippen LogP contribution is 2.31. The van der Waals surface area contributed by atoms with Gasteiger partial charge in [0.2, 0.25) is 11.8 Å². The third-order valence-corrected chi connectivity index (χ3v) is 3.91. The predicted octanol–water partition coefficient (Wildman–Crippen LogP) is 3.65. The van der Waals surface area contributed by atoms with Crippen LogP contribution in [0.4, 0.5) is 11.4 Å². The lowest BCUT2D eigenvalue weighted by Crippen LogP contribution is -2.36. The molecule has 0 bridgehead atoms. The number of hydrogen-bond donors (Lipinski definition) is 1. The van der Waals surface area contributed by atoms with E-state index in [9.17, 15) is 9.59 Å². The monoisotopic (exact) mass is 346 g/mol. The maximum absolute atomic E-state index is 12.4. The zero-order valence-corrected chi connectivity index (χ0v) is 14.6. The number of hydrogen-bond acceptors (Lipinski definition) is 3. The number of aryl methyl sites for hydroxylation is 1. The van der Waals surface area contributed by atoms with Crippen molar-refractivity contribution in [1.82, 2.24) is 0 Å². The predicted molar refractivity (Wildman–Crippen MR) is 95.8 cm³/mol. The first-order valence-electron chi connectivity index (χ1n) is 7.39. The molecule has 0 saturated heterocycles. The molecule has 126 valence electrons. The molecule has 0 saturated carbocycles. The number of nitrogens with one attached hydrogen (secondary N) is 1. The quantitative estimate of drug-likeness (QED) is 0.899. The van der Waals surface area contributed by atoms with Crippen molar-refractivity contribution in [3.05, 3.63) is 53.1 Å². The molecular formula is C18H19ClN2O3. The number of anilines is 2. The molecule has 0 aliphatic carbocycles. The summed E-state index contributed by atoms with van der Waals surface area (Å²) in [6, 6.07) is 12.4. The van der Waals surface area contributed by atoms with Gasteiger partial charge < -0.3 is 15.0 Å². The van der Waals surface area contributed by atoms with Gasteiger partial charge >= 0.3 is 0 Å². The highest BCUT2D eigenvalue weighted by Gasteiger charge is 2.17. The Morgan fingerprint density at radius 1 is 1.21 bits per heavy atom. The fourth-order valence-electron chi connectivity index (χ4n) is 2.26. The van der Waals surface area contributed by atoms with E-state index in [1.54, 1.807) is 24.3 Å². The minimum absolute atomic E-state index is 0.0931. The first-order chi connectivity index (χ1) is 11.4. The molecule has 24 heavy (non-hydrogen) atoms. The molecule has 5 nitrogen and oxygen atoms in total. The largest absolute Gasteiger partial charge is 0.495 e. The molecule has 2 aromatic carbocycles. The molecule has 0 spiro atoms. The molecule has 2 rings (SSSR count). The van der Waals surface area contributed by atoms with Gasteiger partial charge in [-0.1, -0.05) is 29.8 Å². The molecule has 0 aliphatic rings. The van der Waals surface area contributed by atoms with Crippen LogP contribution in [0.1, 0.15) is 12.5 Å². The van der Waals surface area contributed by atoms with Crippen LogP contribution >= 0.6 is 11.6 Å². The van der Waals surface area contributed by atoms with Crippen molar-refractivity contribution in [1.29, 1.82) is 0 Å². The smallest absolute Gasteiger partial charge is 0.244 e. The molecule has 0 radical (unpaired) electrons. The van der Waals surface area contributed by atoms with Crippen molar-refractivity contribution in [2.45, 2.75) is 13.8 Å². The molecule has 0 aliphatic heterocycles. The van der Waals surface area contributed by atoms with Crippen LogP contribution in [-0.2, 0) is 9.59 Å². The fraction of sp³-hybridized carbons (Fsp3) is 0.222. The van der Waals surface area contributed by atoms with Gasteiger partial charge in [-0.05, 0) is 30.7 Å². The van der Waals surface area contributed by atoms with E-state index in [1.807, 2.05) is 25.1 Å². The standard InChI is InChI=1S/C18H19ClN2O3/c1-12-9-16(17(24-3)10-15(12)19)20-18(23)11-21(13(2)22)14-7-5-4-6-8-14/h4-10H,11H2,1-3H3,(H,20,23). The van der Waals surface area contributed by atoms with Gasteiger partial charge in [0.05, 0.1) is 12.8 Å². The van der Waals surface area contributed by atoms with Crippen LogP contribution in [-0.4, -0.2) is 25.5 Å². The van der Waals surface area contributed by atoms with Gasteiger partial charge in [0.25, 0.3) is 0 Å². The highest BCUT2D eigenvalue weighted by atomic mass is 35.5. The second-order valence-corrected chi connectivity index (χ2v) is 5.70. The normalized spacial score (nSPS) is 10.2. The Labute approximate surface area is 146 Å². The Bertz CT molecular complexity index is 747. The third-order valence-electron chi connectivity index (χ3n) is 3.50. The minimum Gasteiger partial charge on any atom is -0.495 e. The summed E-state index contributed by atoms with van der Waals surface area (Å²) >= 11 is 6.06. The van der Waals surface area contributed by atoms with Crippen LogP contribution in [0.25, 0.3) is 0 Å². The number of halogens is 1. The Kier molecular flexibility index (Phi) is 5.82. The summed E-state index contributed by atoms with van der Waals surface area (Å²) < 4.78 is 5.24. The van der Waals surface area contributed by atoms with Crippen LogP contribution in [0, 0.1) is 6.92 Å².